The lowest BCUT2D eigenvalue weighted by atomic mass is 10.0. The Morgan fingerprint density at radius 2 is 1.75 bits per heavy atom. The largest absolute Gasteiger partial charge is 0.371 e. The number of anilines is 1. The van der Waals surface area contributed by atoms with E-state index in [9.17, 15) is 4.79 Å². The van der Waals surface area contributed by atoms with Gasteiger partial charge in [-0.15, -0.1) is 0 Å². The molecule has 0 aliphatic carbocycles. The molecule has 0 unspecified atom stereocenters. The highest BCUT2D eigenvalue weighted by Gasteiger charge is 2.23. The van der Waals surface area contributed by atoms with Gasteiger partial charge in [-0.2, -0.15) is 0 Å². The maximum atomic E-state index is 11.4. The summed E-state index contributed by atoms with van der Waals surface area (Å²) < 4.78 is 0. The summed E-state index contributed by atoms with van der Waals surface area (Å²) in [5.41, 5.74) is 2.69. The first-order chi connectivity index (χ1) is 9.49. The van der Waals surface area contributed by atoms with E-state index in [1.165, 1.54) is 11.3 Å². The van der Waals surface area contributed by atoms with Gasteiger partial charge in [0.05, 0.1) is 0 Å². The molecule has 1 fully saturated rings. The topological polar surface area (TPSA) is 23.6 Å². The number of hydrogen-bond acceptors (Lipinski definition) is 2. The van der Waals surface area contributed by atoms with Gasteiger partial charge in [0.25, 0.3) is 0 Å². The minimum Gasteiger partial charge on any atom is -0.371 e. The summed E-state index contributed by atoms with van der Waals surface area (Å²) in [7, 11) is 1.92. The molecule has 3 heteroatoms. The predicted octanol–water partition coefficient (Wildman–Crippen LogP) is 3.26. The molecule has 20 heavy (non-hydrogen) atoms. The monoisotopic (exact) mass is 274 g/mol. The van der Waals surface area contributed by atoms with Crippen molar-refractivity contribution in [3.63, 3.8) is 0 Å². The third-order valence-electron chi connectivity index (χ3n) is 4.43. The minimum absolute atomic E-state index is 0.171. The molecule has 1 aromatic rings. The van der Waals surface area contributed by atoms with Crippen molar-refractivity contribution in [2.45, 2.75) is 45.6 Å². The molecule has 0 bridgehead atoms. The second-order valence-electron chi connectivity index (χ2n) is 6.09. The molecule has 1 heterocycles. The zero-order valence-corrected chi connectivity index (χ0v) is 13.1. The minimum atomic E-state index is 0.171. The SMILES string of the molecule is CC(=O)N(C)C1CCN(c2ccc(C(C)C)cc2)CC1. The number of piperidine rings is 1. The van der Waals surface area contributed by atoms with Gasteiger partial charge in [-0.25, -0.2) is 0 Å². The first-order valence-corrected chi connectivity index (χ1v) is 7.57. The van der Waals surface area contributed by atoms with Crippen LogP contribution in [0.15, 0.2) is 24.3 Å². The van der Waals surface area contributed by atoms with E-state index in [1.54, 1.807) is 6.92 Å². The molecule has 3 nitrogen and oxygen atoms in total. The third kappa shape index (κ3) is 3.33. The molecule has 0 saturated carbocycles. The molecule has 0 N–H and O–H groups in total. The third-order valence-corrected chi connectivity index (χ3v) is 4.43. The molecule has 110 valence electrons. The lowest BCUT2D eigenvalue weighted by Gasteiger charge is -2.37. The van der Waals surface area contributed by atoms with Gasteiger partial charge in [-0.05, 0) is 36.5 Å². The molecule has 0 spiro atoms. The van der Waals surface area contributed by atoms with E-state index in [4.69, 9.17) is 0 Å². The molecule has 1 saturated heterocycles. The van der Waals surface area contributed by atoms with E-state index >= 15 is 0 Å². The Morgan fingerprint density at radius 1 is 1.20 bits per heavy atom. The fraction of sp³-hybridized carbons (Fsp3) is 0.588. The Bertz CT molecular complexity index is 445. The van der Waals surface area contributed by atoms with Crippen molar-refractivity contribution in [2.24, 2.45) is 0 Å². The van der Waals surface area contributed by atoms with E-state index in [0.717, 1.165) is 25.9 Å². The van der Waals surface area contributed by atoms with Crippen molar-refractivity contribution in [3.05, 3.63) is 29.8 Å². The van der Waals surface area contributed by atoms with Crippen LogP contribution in [-0.4, -0.2) is 37.0 Å². The fourth-order valence-electron chi connectivity index (χ4n) is 2.84. The predicted molar refractivity (Wildman–Crippen MR) is 84.2 cm³/mol. The maximum Gasteiger partial charge on any atom is 0.219 e. The summed E-state index contributed by atoms with van der Waals surface area (Å²) in [6.45, 7) is 8.15. The Morgan fingerprint density at radius 3 is 2.20 bits per heavy atom. The van der Waals surface area contributed by atoms with Crippen LogP contribution in [0.5, 0.6) is 0 Å². The van der Waals surface area contributed by atoms with Crippen LogP contribution < -0.4 is 4.90 Å². The Labute approximate surface area is 122 Å². The van der Waals surface area contributed by atoms with Gasteiger partial charge in [0.1, 0.15) is 0 Å². The zero-order chi connectivity index (χ0) is 14.7. The van der Waals surface area contributed by atoms with Crippen LogP contribution in [0.3, 0.4) is 0 Å². The average molecular weight is 274 g/mol. The molecular weight excluding hydrogens is 248 g/mol. The first-order valence-electron chi connectivity index (χ1n) is 7.57. The molecule has 1 aliphatic heterocycles. The Hall–Kier alpha value is -1.51. The van der Waals surface area contributed by atoms with E-state index in [0.29, 0.717) is 12.0 Å². The van der Waals surface area contributed by atoms with E-state index in [-0.39, 0.29) is 5.91 Å². The zero-order valence-electron chi connectivity index (χ0n) is 13.1. The Balaban J connectivity index is 1.95. The number of hydrogen-bond donors (Lipinski definition) is 0. The van der Waals surface area contributed by atoms with Crippen LogP contribution >= 0.6 is 0 Å². The van der Waals surface area contributed by atoms with Crippen molar-refractivity contribution in [3.8, 4) is 0 Å². The smallest absolute Gasteiger partial charge is 0.219 e. The van der Waals surface area contributed by atoms with Crippen LogP contribution in [0.25, 0.3) is 0 Å². The second kappa shape index (κ2) is 6.29. The van der Waals surface area contributed by atoms with Crippen LogP contribution in [0.1, 0.15) is 45.1 Å². The second-order valence-corrected chi connectivity index (χ2v) is 6.09. The fourth-order valence-corrected chi connectivity index (χ4v) is 2.84. The van der Waals surface area contributed by atoms with Gasteiger partial charge in [0.15, 0.2) is 0 Å². The van der Waals surface area contributed by atoms with Crippen molar-refractivity contribution in [2.75, 3.05) is 25.0 Å². The van der Waals surface area contributed by atoms with Crippen LogP contribution in [-0.2, 0) is 4.79 Å². The van der Waals surface area contributed by atoms with Crippen molar-refractivity contribution in [1.82, 2.24) is 4.90 Å². The highest BCUT2D eigenvalue weighted by atomic mass is 16.2. The van der Waals surface area contributed by atoms with Crippen molar-refractivity contribution < 1.29 is 4.79 Å². The molecule has 1 aromatic carbocycles. The maximum absolute atomic E-state index is 11.4. The molecular formula is C17H26N2O. The van der Waals surface area contributed by atoms with Gasteiger partial charge < -0.3 is 9.80 Å². The van der Waals surface area contributed by atoms with Crippen LogP contribution in [0, 0.1) is 0 Å². The molecule has 1 aliphatic rings. The lowest BCUT2D eigenvalue weighted by Crippen LogP contribution is -2.45. The molecule has 0 aromatic heterocycles. The highest BCUT2D eigenvalue weighted by molar-refractivity contribution is 5.73. The number of carbonyl (C=O) groups excluding carboxylic acids is 1. The normalized spacial score (nSPS) is 16.6. The van der Waals surface area contributed by atoms with Crippen LogP contribution in [0.2, 0.25) is 0 Å². The van der Waals surface area contributed by atoms with Gasteiger partial charge in [0, 0.05) is 38.8 Å². The van der Waals surface area contributed by atoms with Gasteiger partial charge in [-0.3, -0.25) is 4.79 Å². The highest BCUT2D eigenvalue weighted by Crippen LogP contribution is 2.24. The number of rotatable bonds is 3. The van der Waals surface area contributed by atoms with Gasteiger partial charge >= 0.3 is 0 Å². The molecule has 2 rings (SSSR count). The summed E-state index contributed by atoms with van der Waals surface area (Å²) in [6.07, 6.45) is 2.12. The van der Waals surface area contributed by atoms with Crippen LogP contribution in [0.4, 0.5) is 5.69 Å². The quantitative estimate of drug-likeness (QED) is 0.844. The summed E-state index contributed by atoms with van der Waals surface area (Å²) in [4.78, 5) is 15.7. The summed E-state index contributed by atoms with van der Waals surface area (Å²) in [5, 5.41) is 0. The number of benzene rings is 1. The van der Waals surface area contributed by atoms with Crippen molar-refractivity contribution >= 4 is 11.6 Å². The van der Waals surface area contributed by atoms with E-state index < -0.39 is 0 Å². The number of nitrogens with zero attached hydrogens (tertiary/aromatic N) is 2. The van der Waals surface area contributed by atoms with Gasteiger partial charge in [0.2, 0.25) is 5.91 Å². The summed E-state index contributed by atoms with van der Waals surface area (Å²) in [6, 6.07) is 9.31. The van der Waals surface area contributed by atoms with Crippen molar-refractivity contribution in [1.29, 1.82) is 0 Å². The average Bonchev–Trinajstić information content (AvgIpc) is 2.46. The van der Waals surface area contributed by atoms with E-state index in [2.05, 4.69) is 43.0 Å². The summed E-state index contributed by atoms with van der Waals surface area (Å²) in [5.74, 6) is 0.753. The lowest BCUT2D eigenvalue weighted by molar-refractivity contribution is -0.129. The first kappa shape index (κ1) is 14.9. The Kier molecular flexibility index (Phi) is 4.69. The van der Waals surface area contributed by atoms with E-state index in [1.807, 2.05) is 11.9 Å². The summed E-state index contributed by atoms with van der Waals surface area (Å²) >= 11 is 0. The van der Waals surface area contributed by atoms with Gasteiger partial charge in [-0.1, -0.05) is 26.0 Å². The molecule has 0 atom stereocenters. The number of amides is 1. The number of carbonyl (C=O) groups is 1. The molecule has 0 radical (unpaired) electrons. The standard InChI is InChI=1S/C17H26N2O/c1-13(2)15-5-7-17(8-6-15)19-11-9-16(10-12-19)18(4)14(3)20/h5-8,13,16H,9-12H2,1-4H3. The molecule has 1 amide bonds.